The molecule has 0 atom stereocenters. The van der Waals surface area contributed by atoms with Crippen LogP contribution >= 0.6 is 0 Å². The van der Waals surface area contributed by atoms with Gasteiger partial charge < -0.3 is 9.47 Å². The molecule has 41 heavy (non-hydrogen) atoms. The van der Waals surface area contributed by atoms with Crippen LogP contribution < -0.4 is 9.47 Å². The third kappa shape index (κ3) is 10.3. The lowest BCUT2D eigenvalue weighted by Gasteiger charge is -2.29. The minimum atomic E-state index is -0.428. The maximum Gasteiger partial charge on any atom is 0.349 e. The Morgan fingerprint density at radius 3 is 2.05 bits per heavy atom. The number of unbranched alkanes of at least 4 members (excludes halogenated alkanes) is 6. The van der Waals surface area contributed by atoms with Crippen LogP contribution in [0, 0.1) is 5.92 Å². The molecular weight excluding hydrogens is 508 g/mol. The van der Waals surface area contributed by atoms with E-state index < -0.39 is 5.97 Å². The number of ether oxygens (including phenoxy) is 2. The van der Waals surface area contributed by atoms with Crippen molar-refractivity contribution < 1.29 is 14.3 Å². The molecule has 0 bridgehead atoms. The Kier molecular flexibility index (Phi) is 12.7. The molecule has 0 radical (unpaired) electrons. The summed E-state index contributed by atoms with van der Waals surface area (Å²) in [5, 5.41) is 0. The van der Waals surface area contributed by atoms with Crippen molar-refractivity contribution in [3.05, 3.63) is 72.1 Å². The second kappa shape index (κ2) is 16.9. The Hall–Kier alpha value is -3.21. The number of nitrogens with zero attached hydrogens (tertiary/aromatic N) is 2. The van der Waals surface area contributed by atoms with Gasteiger partial charge in [0.2, 0.25) is 0 Å². The molecular formula is C36H48N2O3. The molecule has 0 aliphatic heterocycles. The third-order valence-electron chi connectivity index (χ3n) is 8.39. The Bertz CT molecular complexity index is 1150. The predicted octanol–water partition coefficient (Wildman–Crippen LogP) is 9.49. The molecule has 1 fully saturated rings. The van der Waals surface area contributed by atoms with E-state index in [1.807, 2.05) is 36.7 Å². The summed E-state index contributed by atoms with van der Waals surface area (Å²) in [7, 11) is 0. The van der Waals surface area contributed by atoms with Crippen LogP contribution in [0.25, 0.3) is 11.4 Å². The number of benzene rings is 2. The van der Waals surface area contributed by atoms with Gasteiger partial charge in [0.15, 0.2) is 12.4 Å². The van der Waals surface area contributed by atoms with E-state index >= 15 is 0 Å². The first-order valence-electron chi connectivity index (χ1n) is 16.0. The fraction of sp³-hybridized carbons (Fsp3) is 0.528. The van der Waals surface area contributed by atoms with Gasteiger partial charge in [0.05, 0.1) is 0 Å². The molecule has 1 saturated carbocycles. The molecule has 1 heterocycles. The zero-order valence-corrected chi connectivity index (χ0v) is 25.2. The smallest absolute Gasteiger partial charge is 0.349 e. The van der Waals surface area contributed by atoms with Gasteiger partial charge in [0.1, 0.15) is 11.5 Å². The van der Waals surface area contributed by atoms with Crippen molar-refractivity contribution in [2.24, 2.45) is 5.92 Å². The topological polar surface area (TPSA) is 61.3 Å². The summed E-state index contributed by atoms with van der Waals surface area (Å²) < 4.78 is 11.2. The molecule has 0 amide bonds. The number of rotatable bonds is 16. The summed E-state index contributed by atoms with van der Waals surface area (Å²) >= 11 is 0. The minimum absolute atomic E-state index is 0.132. The molecule has 5 heteroatoms. The highest BCUT2D eigenvalue weighted by molar-refractivity contribution is 5.74. The summed E-state index contributed by atoms with van der Waals surface area (Å²) in [5.74, 6) is 2.97. The minimum Gasteiger partial charge on any atom is -0.482 e. The number of esters is 1. The summed E-state index contributed by atoms with van der Waals surface area (Å²) in [6.45, 7) is 4.37. The second-order valence-electron chi connectivity index (χ2n) is 11.6. The molecule has 0 N–H and O–H groups in total. The van der Waals surface area contributed by atoms with Crippen LogP contribution in [-0.4, -0.2) is 22.5 Å². The van der Waals surface area contributed by atoms with Crippen LogP contribution in [0.1, 0.15) is 114 Å². The van der Waals surface area contributed by atoms with Crippen molar-refractivity contribution in [1.82, 2.24) is 9.97 Å². The highest BCUT2D eigenvalue weighted by Gasteiger charge is 2.22. The molecule has 0 spiro atoms. The SMILES string of the molecule is CCCCCCc1cnc(-c2ccc(OC(=O)COc3ccc(C4CCC(CCCCCC)CC4)cc3)cc2)nc1. The lowest BCUT2D eigenvalue weighted by Crippen LogP contribution is -2.17. The summed E-state index contributed by atoms with van der Waals surface area (Å²) in [5.41, 5.74) is 3.44. The van der Waals surface area contributed by atoms with Crippen LogP contribution in [0.2, 0.25) is 0 Å². The predicted molar refractivity (Wildman–Crippen MR) is 166 cm³/mol. The van der Waals surface area contributed by atoms with Gasteiger partial charge in [-0.05, 0) is 97.9 Å². The number of hydrogen-bond donors (Lipinski definition) is 0. The zero-order chi connectivity index (χ0) is 28.7. The van der Waals surface area contributed by atoms with Crippen molar-refractivity contribution in [1.29, 1.82) is 0 Å². The van der Waals surface area contributed by atoms with Gasteiger partial charge in [-0.1, -0.05) is 77.3 Å². The van der Waals surface area contributed by atoms with Gasteiger partial charge in [-0.3, -0.25) is 0 Å². The Balaban J connectivity index is 1.16. The normalized spacial score (nSPS) is 16.8. The molecule has 1 aromatic heterocycles. The van der Waals surface area contributed by atoms with Crippen LogP contribution in [0.15, 0.2) is 60.9 Å². The van der Waals surface area contributed by atoms with Crippen LogP contribution in [-0.2, 0) is 11.2 Å². The maximum absolute atomic E-state index is 12.4. The number of carbonyl (C=O) groups is 1. The van der Waals surface area contributed by atoms with E-state index in [4.69, 9.17) is 9.47 Å². The van der Waals surface area contributed by atoms with Gasteiger partial charge in [-0.25, -0.2) is 14.8 Å². The van der Waals surface area contributed by atoms with Crippen molar-refractivity contribution in [3.8, 4) is 22.9 Å². The van der Waals surface area contributed by atoms with Gasteiger partial charge in [-0.15, -0.1) is 0 Å². The van der Waals surface area contributed by atoms with E-state index in [9.17, 15) is 4.79 Å². The Labute approximate surface area is 247 Å². The van der Waals surface area contributed by atoms with E-state index in [0.29, 0.717) is 23.2 Å². The van der Waals surface area contributed by atoms with E-state index in [2.05, 4.69) is 35.9 Å². The molecule has 4 rings (SSSR count). The largest absolute Gasteiger partial charge is 0.482 e. The highest BCUT2D eigenvalue weighted by Crippen LogP contribution is 2.38. The van der Waals surface area contributed by atoms with Gasteiger partial charge in [0, 0.05) is 18.0 Å². The van der Waals surface area contributed by atoms with E-state index in [-0.39, 0.29) is 6.61 Å². The standard InChI is InChI=1S/C36H48N2O3/c1-3-5-7-9-11-28-13-15-30(16-14-28)31-17-21-33(22-18-31)40-27-35(39)41-34-23-19-32(20-24-34)36-37-25-29(26-38-36)12-10-8-6-4-2/h17-26,28,30H,3-16,27H2,1-2H3. The summed E-state index contributed by atoms with van der Waals surface area (Å²) in [6, 6.07) is 15.6. The van der Waals surface area contributed by atoms with Gasteiger partial charge in [-0.2, -0.15) is 0 Å². The highest BCUT2D eigenvalue weighted by atomic mass is 16.6. The maximum atomic E-state index is 12.4. The number of aromatic nitrogens is 2. The monoisotopic (exact) mass is 556 g/mol. The lowest BCUT2D eigenvalue weighted by atomic mass is 9.77. The van der Waals surface area contributed by atoms with Crippen LogP contribution in [0.3, 0.4) is 0 Å². The van der Waals surface area contributed by atoms with E-state index in [1.54, 1.807) is 12.1 Å². The quantitative estimate of drug-likeness (QED) is 0.0999. The molecule has 2 aromatic carbocycles. The van der Waals surface area contributed by atoms with Crippen molar-refractivity contribution in [2.45, 2.75) is 110 Å². The first-order valence-corrected chi connectivity index (χ1v) is 16.0. The first kappa shape index (κ1) is 30.7. The van der Waals surface area contributed by atoms with Crippen molar-refractivity contribution in [3.63, 3.8) is 0 Å². The average molecular weight is 557 g/mol. The molecule has 0 saturated heterocycles. The molecule has 0 unspecified atom stereocenters. The zero-order valence-electron chi connectivity index (χ0n) is 25.2. The lowest BCUT2D eigenvalue weighted by molar-refractivity contribution is -0.136. The van der Waals surface area contributed by atoms with Crippen molar-refractivity contribution in [2.75, 3.05) is 6.61 Å². The fourth-order valence-electron chi connectivity index (χ4n) is 5.84. The Morgan fingerprint density at radius 1 is 0.756 bits per heavy atom. The summed E-state index contributed by atoms with van der Waals surface area (Å²) in [4.78, 5) is 21.4. The molecule has 5 nitrogen and oxygen atoms in total. The molecule has 220 valence electrons. The van der Waals surface area contributed by atoms with Gasteiger partial charge in [0.25, 0.3) is 0 Å². The number of aryl methyl sites for hydroxylation is 1. The first-order chi connectivity index (χ1) is 20.1. The second-order valence-corrected chi connectivity index (χ2v) is 11.6. The van der Waals surface area contributed by atoms with E-state index in [0.717, 1.165) is 17.9 Å². The third-order valence-corrected chi connectivity index (χ3v) is 8.39. The van der Waals surface area contributed by atoms with Crippen LogP contribution in [0.5, 0.6) is 11.5 Å². The molecule has 3 aromatic rings. The summed E-state index contributed by atoms with van der Waals surface area (Å²) in [6.07, 6.45) is 21.9. The van der Waals surface area contributed by atoms with Crippen molar-refractivity contribution >= 4 is 5.97 Å². The number of carbonyl (C=O) groups excluding carboxylic acids is 1. The molecule has 1 aliphatic rings. The van der Waals surface area contributed by atoms with E-state index in [1.165, 1.54) is 94.6 Å². The number of hydrogen-bond acceptors (Lipinski definition) is 5. The fourth-order valence-corrected chi connectivity index (χ4v) is 5.84. The average Bonchev–Trinajstić information content (AvgIpc) is 3.02. The van der Waals surface area contributed by atoms with Crippen LogP contribution in [0.4, 0.5) is 0 Å². The molecule has 1 aliphatic carbocycles. The Morgan fingerprint density at radius 2 is 1.39 bits per heavy atom. The van der Waals surface area contributed by atoms with Gasteiger partial charge >= 0.3 is 5.97 Å².